The number of nitrogens with zero attached hydrogens (tertiary/aromatic N) is 3. The molecule has 0 aliphatic carbocycles. The highest BCUT2D eigenvalue weighted by Gasteiger charge is 2.11. The molecular formula is C13H17N5. The molecule has 94 valence electrons. The van der Waals surface area contributed by atoms with Gasteiger partial charge < -0.3 is 15.2 Å². The maximum absolute atomic E-state index is 7.59. The Morgan fingerprint density at radius 1 is 1.44 bits per heavy atom. The molecule has 0 amide bonds. The van der Waals surface area contributed by atoms with E-state index in [-0.39, 0.29) is 5.84 Å². The number of anilines is 1. The zero-order valence-electron chi connectivity index (χ0n) is 10.6. The smallest absolute Gasteiger partial charge is 0.127 e. The molecule has 0 saturated heterocycles. The van der Waals surface area contributed by atoms with Crippen LogP contribution in [-0.2, 0) is 13.6 Å². The number of amidine groups is 1. The SMILES string of the molecule is CN(Cc1nccn1C)c1ccccc1C(=N)N. The van der Waals surface area contributed by atoms with Crippen LogP contribution in [0.5, 0.6) is 0 Å². The van der Waals surface area contributed by atoms with Gasteiger partial charge in [0.15, 0.2) is 0 Å². The molecule has 0 radical (unpaired) electrons. The molecule has 0 saturated carbocycles. The van der Waals surface area contributed by atoms with Crippen molar-refractivity contribution in [1.29, 1.82) is 5.41 Å². The minimum atomic E-state index is 0.0808. The van der Waals surface area contributed by atoms with Gasteiger partial charge in [0.1, 0.15) is 11.7 Å². The van der Waals surface area contributed by atoms with Gasteiger partial charge in [-0.25, -0.2) is 4.98 Å². The lowest BCUT2D eigenvalue weighted by Gasteiger charge is -2.21. The van der Waals surface area contributed by atoms with Gasteiger partial charge in [0.25, 0.3) is 0 Å². The summed E-state index contributed by atoms with van der Waals surface area (Å²) in [5.41, 5.74) is 7.27. The van der Waals surface area contributed by atoms with E-state index in [9.17, 15) is 0 Å². The number of imidazole rings is 1. The Balaban J connectivity index is 2.26. The molecule has 0 bridgehead atoms. The van der Waals surface area contributed by atoms with E-state index >= 15 is 0 Å². The Kier molecular flexibility index (Phi) is 3.32. The van der Waals surface area contributed by atoms with Gasteiger partial charge >= 0.3 is 0 Å². The topological polar surface area (TPSA) is 70.9 Å². The van der Waals surface area contributed by atoms with Crippen molar-refractivity contribution in [3.63, 3.8) is 0 Å². The molecule has 1 aromatic heterocycles. The van der Waals surface area contributed by atoms with Crippen LogP contribution in [0.4, 0.5) is 5.69 Å². The van der Waals surface area contributed by atoms with Crippen LogP contribution >= 0.6 is 0 Å². The van der Waals surface area contributed by atoms with Crippen LogP contribution in [-0.4, -0.2) is 22.4 Å². The van der Waals surface area contributed by atoms with Gasteiger partial charge in [-0.15, -0.1) is 0 Å². The Bertz CT molecular complexity index is 558. The first-order valence-corrected chi connectivity index (χ1v) is 5.70. The largest absolute Gasteiger partial charge is 0.384 e. The molecular weight excluding hydrogens is 226 g/mol. The fraction of sp³-hybridized carbons (Fsp3) is 0.231. The molecule has 0 aliphatic rings. The molecule has 0 spiro atoms. The summed E-state index contributed by atoms with van der Waals surface area (Å²) in [5, 5.41) is 7.59. The molecule has 2 aromatic rings. The number of rotatable bonds is 4. The second kappa shape index (κ2) is 4.91. The normalized spacial score (nSPS) is 10.3. The summed E-state index contributed by atoms with van der Waals surface area (Å²) in [6, 6.07) is 7.64. The first-order valence-electron chi connectivity index (χ1n) is 5.70. The van der Waals surface area contributed by atoms with Crippen LogP contribution in [0, 0.1) is 5.41 Å². The minimum Gasteiger partial charge on any atom is -0.384 e. The van der Waals surface area contributed by atoms with E-state index in [0.29, 0.717) is 6.54 Å². The zero-order valence-corrected chi connectivity index (χ0v) is 10.6. The predicted molar refractivity (Wildman–Crippen MR) is 72.8 cm³/mol. The number of nitrogen functional groups attached to an aromatic ring is 1. The van der Waals surface area contributed by atoms with Crippen LogP contribution < -0.4 is 10.6 Å². The Morgan fingerprint density at radius 2 is 2.17 bits per heavy atom. The van der Waals surface area contributed by atoms with Crippen molar-refractivity contribution in [3.8, 4) is 0 Å². The first-order chi connectivity index (χ1) is 8.59. The van der Waals surface area contributed by atoms with Gasteiger partial charge in [-0.3, -0.25) is 5.41 Å². The summed E-state index contributed by atoms with van der Waals surface area (Å²) in [6.07, 6.45) is 3.69. The molecule has 0 atom stereocenters. The fourth-order valence-electron chi connectivity index (χ4n) is 1.88. The maximum Gasteiger partial charge on any atom is 0.127 e. The van der Waals surface area contributed by atoms with Crippen LogP contribution in [0.15, 0.2) is 36.7 Å². The lowest BCUT2D eigenvalue weighted by atomic mass is 10.1. The molecule has 0 fully saturated rings. The van der Waals surface area contributed by atoms with E-state index in [1.165, 1.54) is 0 Å². The molecule has 1 aromatic carbocycles. The minimum absolute atomic E-state index is 0.0808. The second-order valence-corrected chi connectivity index (χ2v) is 4.24. The molecule has 18 heavy (non-hydrogen) atoms. The molecule has 5 heteroatoms. The summed E-state index contributed by atoms with van der Waals surface area (Å²) in [7, 11) is 3.93. The number of benzene rings is 1. The standard InChI is InChI=1S/C13H17N5/c1-17-8-7-16-12(17)9-18(2)11-6-4-3-5-10(11)13(14)15/h3-8H,9H2,1-2H3,(H3,14,15). The average Bonchev–Trinajstić information content (AvgIpc) is 2.75. The zero-order chi connectivity index (χ0) is 13.1. The highest BCUT2D eigenvalue weighted by molar-refractivity contribution is 6.00. The van der Waals surface area contributed by atoms with E-state index in [1.807, 2.05) is 54.0 Å². The first kappa shape index (κ1) is 12.2. The number of nitrogens with two attached hydrogens (primary N) is 1. The second-order valence-electron chi connectivity index (χ2n) is 4.24. The number of nitrogens with one attached hydrogen (secondary N) is 1. The van der Waals surface area contributed by atoms with E-state index in [2.05, 4.69) is 4.98 Å². The Hall–Kier alpha value is -2.30. The monoisotopic (exact) mass is 243 g/mol. The van der Waals surface area contributed by atoms with Crippen molar-refractivity contribution in [2.45, 2.75) is 6.54 Å². The van der Waals surface area contributed by atoms with Gasteiger partial charge in [0, 0.05) is 37.7 Å². The third-order valence-electron chi connectivity index (χ3n) is 2.91. The van der Waals surface area contributed by atoms with E-state index in [4.69, 9.17) is 11.1 Å². The number of hydrogen-bond donors (Lipinski definition) is 2. The number of aryl methyl sites for hydroxylation is 1. The van der Waals surface area contributed by atoms with Crippen LogP contribution in [0.2, 0.25) is 0 Å². The quantitative estimate of drug-likeness (QED) is 0.629. The summed E-state index contributed by atoms with van der Waals surface area (Å²) < 4.78 is 1.98. The summed E-state index contributed by atoms with van der Waals surface area (Å²) in [5.74, 6) is 1.05. The fourth-order valence-corrected chi connectivity index (χ4v) is 1.88. The Morgan fingerprint density at radius 3 is 2.78 bits per heavy atom. The van der Waals surface area contributed by atoms with E-state index in [1.54, 1.807) is 6.20 Å². The van der Waals surface area contributed by atoms with Gasteiger partial charge in [-0.05, 0) is 12.1 Å². The molecule has 0 aliphatic heterocycles. The van der Waals surface area contributed by atoms with Gasteiger partial charge in [0.2, 0.25) is 0 Å². The average molecular weight is 243 g/mol. The molecule has 3 N–H and O–H groups in total. The lowest BCUT2D eigenvalue weighted by Crippen LogP contribution is -2.23. The van der Waals surface area contributed by atoms with E-state index < -0.39 is 0 Å². The van der Waals surface area contributed by atoms with Crippen LogP contribution in [0.3, 0.4) is 0 Å². The molecule has 2 rings (SSSR count). The van der Waals surface area contributed by atoms with Crippen molar-refractivity contribution in [2.24, 2.45) is 12.8 Å². The summed E-state index contributed by atoms with van der Waals surface area (Å²) in [6.45, 7) is 0.674. The van der Waals surface area contributed by atoms with Crippen molar-refractivity contribution in [3.05, 3.63) is 48.0 Å². The van der Waals surface area contributed by atoms with Crippen molar-refractivity contribution >= 4 is 11.5 Å². The molecule has 1 heterocycles. The number of aromatic nitrogens is 2. The van der Waals surface area contributed by atoms with Crippen molar-refractivity contribution in [2.75, 3.05) is 11.9 Å². The number of para-hydroxylation sites is 1. The highest BCUT2D eigenvalue weighted by atomic mass is 15.2. The van der Waals surface area contributed by atoms with Crippen LogP contribution in [0.25, 0.3) is 0 Å². The van der Waals surface area contributed by atoms with Gasteiger partial charge in [-0.1, -0.05) is 12.1 Å². The van der Waals surface area contributed by atoms with Crippen molar-refractivity contribution in [1.82, 2.24) is 9.55 Å². The Labute approximate surface area is 106 Å². The van der Waals surface area contributed by atoms with Gasteiger partial charge in [0.05, 0.1) is 6.54 Å². The van der Waals surface area contributed by atoms with Crippen LogP contribution in [0.1, 0.15) is 11.4 Å². The predicted octanol–water partition coefficient (Wildman–Crippen LogP) is 1.34. The van der Waals surface area contributed by atoms with Crippen molar-refractivity contribution < 1.29 is 0 Å². The van der Waals surface area contributed by atoms with Gasteiger partial charge in [-0.2, -0.15) is 0 Å². The summed E-state index contributed by atoms with van der Waals surface area (Å²) >= 11 is 0. The lowest BCUT2D eigenvalue weighted by molar-refractivity contribution is 0.761. The third kappa shape index (κ3) is 2.34. The number of hydrogen-bond acceptors (Lipinski definition) is 3. The van der Waals surface area contributed by atoms with E-state index in [0.717, 1.165) is 17.1 Å². The maximum atomic E-state index is 7.59. The highest BCUT2D eigenvalue weighted by Crippen LogP contribution is 2.19. The molecule has 5 nitrogen and oxygen atoms in total. The summed E-state index contributed by atoms with van der Waals surface area (Å²) in [4.78, 5) is 6.33. The third-order valence-corrected chi connectivity index (χ3v) is 2.91. The molecule has 0 unspecified atom stereocenters.